The van der Waals surface area contributed by atoms with Crippen LogP contribution in [0, 0.1) is 6.42 Å². The Morgan fingerprint density at radius 2 is 2.08 bits per heavy atom. The molecule has 1 amide bonds. The molecule has 0 atom stereocenters. The molecule has 0 fully saturated rings. The first-order valence-electron chi connectivity index (χ1n) is 3.91. The van der Waals surface area contributed by atoms with Crippen molar-refractivity contribution in [3.05, 3.63) is 41.8 Å². The lowest BCUT2D eigenvalue weighted by atomic mass is 10.0. The minimum absolute atomic E-state index is 0.296. The van der Waals surface area contributed by atoms with Gasteiger partial charge in [-0.05, 0) is 18.1 Å². The van der Waals surface area contributed by atoms with E-state index in [2.05, 4.69) is 0 Å². The molecule has 1 aromatic carbocycles. The summed E-state index contributed by atoms with van der Waals surface area (Å²) in [6.45, 7) is 0. The van der Waals surface area contributed by atoms with Crippen LogP contribution >= 0.6 is 0 Å². The van der Waals surface area contributed by atoms with Crippen molar-refractivity contribution >= 4 is 12.2 Å². The lowest BCUT2D eigenvalue weighted by molar-refractivity contribution is -0.107. The van der Waals surface area contributed by atoms with Crippen molar-refractivity contribution in [2.75, 3.05) is 0 Å². The van der Waals surface area contributed by atoms with Crippen LogP contribution < -0.4 is 5.73 Å². The Morgan fingerprint density at radius 3 is 2.69 bits per heavy atom. The maximum atomic E-state index is 10.9. The Kier molecular flexibility index (Phi) is 3.20. The van der Waals surface area contributed by atoms with E-state index in [0.29, 0.717) is 17.5 Å². The van der Waals surface area contributed by atoms with E-state index in [1.54, 1.807) is 30.7 Å². The zero-order chi connectivity index (χ0) is 9.68. The molecule has 1 aromatic rings. The van der Waals surface area contributed by atoms with Gasteiger partial charge in [-0.15, -0.1) is 0 Å². The lowest BCUT2D eigenvalue weighted by Crippen LogP contribution is -2.13. The molecule has 0 heterocycles. The van der Waals surface area contributed by atoms with Crippen molar-refractivity contribution in [3.8, 4) is 0 Å². The van der Waals surface area contributed by atoms with Gasteiger partial charge in [0, 0.05) is 12.0 Å². The molecule has 2 N–H and O–H groups in total. The Balaban J connectivity index is 2.90. The molecule has 67 valence electrons. The van der Waals surface area contributed by atoms with Crippen LogP contribution in [0.25, 0.3) is 0 Å². The smallest absolute Gasteiger partial charge is 0.248 e. The third-order valence-electron chi connectivity index (χ3n) is 1.66. The minimum atomic E-state index is -0.474. The van der Waals surface area contributed by atoms with Crippen LogP contribution in [0.1, 0.15) is 22.3 Å². The fourth-order valence-corrected chi connectivity index (χ4v) is 1.07. The second-order valence-corrected chi connectivity index (χ2v) is 2.56. The molecule has 0 spiro atoms. The Bertz CT molecular complexity index is 320. The number of primary amides is 1. The number of carbonyl (C=O) groups excluding carboxylic acids is 2. The van der Waals surface area contributed by atoms with Crippen molar-refractivity contribution in [2.45, 2.75) is 6.42 Å². The van der Waals surface area contributed by atoms with Gasteiger partial charge in [-0.25, -0.2) is 0 Å². The van der Waals surface area contributed by atoms with Gasteiger partial charge in [-0.1, -0.05) is 18.2 Å². The monoisotopic (exact) mass is 176 g/mol. The molecule has 3 nitrogen and oxygen atoms in total. The predicted molar refractivity (Wildman–Crippen MR) is 49.0 cm³/mol. The number of nitrogens with two attached hydrogens (primary N) is 1. The summed E-state index contributed by atoms with van der Waals surface area (Å²) in [5.41, 5.74) is 6.30. The number of hydrogen-bond donors (Lipinski definition) is 1. The summed E-state index contributed by atoms with van der Waals surface area (Å²) in [5.74, 6) is -0.474. The topological polar surface area (TPSA) is 60.2 Å². The maximum absolute atomic E-state index is 10.9. The van der Waals surface area contributed by atoms with E-state index in [1.165, 1.54) is 0 Å². The molecule has 1 radical (unpaired) electrons. The number of rotatable bonds is 4. The quantitative estimate of drug-likeness (QED) is 0.693. The predicted octanol–water partition coefficient (Wildman–Crippen LogP) is 0.927. The summed E-state index contributed by atoms with van der Waals surface area (Å²) in [6, 6.07) is 6.92. The van der Waals surface area contributed by atoms with Crippen LogP contribution in [0.4, 0.5) is 0 Å². The van der Waals surface area contributed by atoms with Crippen LogP contribution in [0.2, 0.25) is 0 Å². The molecular formula is C10H10NO2. The summed E-state index contributed by atoms with van der Waals surface area (Å²) in [5, 5.41) is 0. The summed E-state index contributed by atoms with van der Waals surface area (Å²) >= 11 is 0. The van der Waals surface area contributed by atoms with E-state index < -0.39 is 5.91 Å². The number of amides is 1. The van der Waals surface area contributed by atoms with Crippen molar-refractivity contribution in [1.29, 1.82) is 0 Å². The lowest BCUT2D eigenvalue weighted by Gasteiger charge is -2.02. The first-order valence-corrected chi connectivity index (χ1v) is 3.91. The standard InChI is InChI=1S/C10H10NO2/c11-10(13)9-6-2-1-4-8(9)5-3-7-12/h1-2,4-7H,3H2,(H2,11,13). The van der Waals surface area contributed by atoms with Crippen LogP contribution in [0.5, 0.6) is 0 Å². The normalized spacial score (nSPS) is 9.54. The third-order valence-corrected chi connectivity index (χ3v) is 1.66. The number of carbonyl (C=O) groups is 2. The Hall–Kier alpha value is -1.64. The highest BCUT2D eigenvalue weighted by Crippen LogP contribution is 2.11. The maximum Gasteiger partial charge on any atom is 0.248 e. The van der Waals surface area contributed by atoms with Gasteiger partial charge in [0.1, 0.15) is 6.29 Å². The van der Waals surface area contributed by atoms with E-state index in [4.69, 9.17) is 5.73 Å². The molecule has 0 unspecified atom stereocenters. The summed E-state index contributed by atoms with van der Waals surface area (Å²) in [6.07, 6.45) is 2.75. The minimum Gasteiger partial charge on any atom is -0.366 e. The zero-order valence-electron chi connectivity index (χ0n) is 7.07. The third kappa shape index (κ3) is 2.40. The molecule has 13 heavy (non-hydrogen) atoms. The van der Waals surface area contributed by atoms with E-state index in [9.17, 15) is 9.59 Å². The molecule has 0 aromatic heterocycles. The second-order valence-electron chi connectivity index (χ2n) is 2.56. The number of benzene rings is 1. The zero-order valence-corrected chi connectivity index (χ0v) is 7.07. The highest BCUT2D eigenvalue weighted by Gasteiger charge is 2.05. The molecule has 0 saturated heterocycles. The average molecular weight is 176 g/mol. The Morgan fingerprint density at radius 1 is 1.38 bits per heavy atom. The molecular weight excluding hydrogens is 166 g/mol. The van der Waals surface area contributed by atoms with Gasteiger partial charge in [0.15, 0.2) is 0 Å². The molecule has 0 aliphatic carbocycles. The SMILES string of the molecule is NC(=O)c1ccccc1[CH]CC=O. The number of hydrogen-bond acceptors (Lipinski definition) is 2. The average Bonchev–Trinajstić information content (AvgIpc) is 2.15. The molecule has 0 bridgehead atoms. The van der Waals surface area contributed by atoms with Gasteiger partial charge in [-0.2, -0.15) is 0 Å². The summed E-state index contributed by atoms with van der Waals surface area (Å²) < 4.78 is 0. The Labute approximate surface area is 76.6 Å². The van der Waals surface area contributed by atoms with Crippen LogP contribution in [0.3, 0.4) is 0 Å². The van der Waals surface area contributed by atoms with Gasteiger partial charge in [0.25, 0.3) is 0 Å². The fraction of sp³-hybridized carbons (Fsp3) is 0.100. The van der Waals surface area contributed by atoms with Crippen LogP contribution in [-0.4, -0.2) is 12.2 Å². The highest BCUT2D eigenvalue weighted by molar-refractivity contribution is 5.94. The summed E-state index contributed by atoms with van der Waals surface area (Å²) in [4.78, 5) is 21.0. The highest BCUT2D eigenvalue weighted by atomic mass is 16.1. The summed E-state index contributed by atoms with van der Waals surface area (Å²) in [7, 11) is 0. The molecule has 0 aliphatic heterocycles. The van der Waals surface area contributed by atoms with Crippen molar-refractivity contribution in [1.82, 2.24) is 0 Å². The van der Waals surface area contributed by atoms with Crippen molar-refractivity contribution in [2.24, 2.45) is 5.73 Å². The molecule has 3 heteroatoms. The largest absolute Gasteiger partial charge is 0.366 e. The van der Waals surface area contributed by atoms with Crippen molar-refractivity contribution in [3.63, 3.8) is 0 Å². The van der Waals surface area contributed by atoms with Gasteiger partial charge in [0.05, 0.1) is 0 Å². The first kappa shape index (κ1) is 9.45. The molecule has 0 saturated carbocycles. The molecule has 1 rings (SSSR count). The second kappa shape index (κ2) is 4.40. The van der Waals surface area contributed by atoms with E-state index in [1.807, 2.05) is 0 Å². The first-order chi connectivity index (χ1) is 6.25. The fourth-order valence-electron chi connectivity index (χ4n) is 1.07. The number of aldehydes is 1. The van der Waals surface area contributed by atoms with E-state index in [-0.39, 0.29) is 0 Å². The molecule has 0 aliphatic rings. The van der Waals surface area contributed by atoms with E-state index >= 15 is 0 Å². The van der Waals surface area contributed by atoms with Crippen LogP contribution in [-0.2, 0) is 4.79 Å². The van der Waals surface area contributed by atoms with Gasteiger partial charge in [-0.3, -0.25) is 4.79 Å². The van der Waals surface area contributed by atoms with E-state index in [0.717, 1.165) is 6.29 Å². The van der Waals surface area contributed by atoms with Gasteiger partial charge < -0.3 is 10.5 Å². The van der Waals surface area contributed by atoms with Crippen LogP contribution in [0.15, 0.2) is 24.3 Å². The van der Waals surface area contributed by atoms with Gasteiger partial charge in [0.2, 0.25) is 5.91 Å². The van der Waals surface area contributed by atoms with Crippen molar-refractivity contribution < 1.29 is 9.59 Å². The van der Waals surface area contributed by atoms with Gasteiger partial charge >= 0.3 is 0 Å².